The molecule has 0 spiro atoms. The molecular formula is C25H22F3N3O. The van der Waals surface area contributed by atoms with Gasteiger partial charge in [0.1, 0.15) is 17.5 Å². The molecule has 0 radical (unpaired) electrons. The van der Waals surface area contributed by atoms with Gasteiger partial charge >= 0.3 is 0 Å². The average molecular weight is 437 g/mol. The predicted octanol–water partition coefficient (Wildman–Crippen LogP) is 5.36. The van der Waals surface area contributed by atoms with Crippen LogP contribution in [0.5, 0.6) is 0 Å². The average Bonchev–Trinajstić information content (AvgIpc) is 3.36. The van der Waals surface area contributed by atoms with Gasteiger partial charge in [0.05, 0.1) is 11.2 Å². The van der Waals surface area contributed by atoms with Gasteiger partial charge in [-0.2, -0.15) is 0 Å². The first-order valence-corrected chi connectivity index (χ1v) is 10.6. The maximum atomic E-state index is 14.5. The van der Waals surface area contributed by atoms with Crippen molar-refractivity contribution in [3.8, 4) is 11.3 Å². The summed E-state index contributed by atoms with van der Waals surface area (Å²) in [5, 5.41) is 3.44. The zero-order valence-corrected chi connectivity index (χ0v) is 17.2. The van der Waals surface area contributed by atoms with E-state index in [1.54, 1.807) is 12.1 Å². The number of halogens is 3. The molecule has 4 aromatic rings. The van der Waals surface area contributed by atoms with Crippen LogP contribution in [0.25, 0.3) is 22.2 Å². The lowest BCUT2D eigenvalue weighted by Gasteiger charge is -2.35. The van der Waals surface area contributed by atoms with E-state index in [-0.39, 0.29) is 29.1 Å². The number of H-pyrrole nitrogens is 1. The molecule has 1 aliphatic carbocycles. The summed E-state index contributed by atoms with van der Waals surface area (Å²) in [5.74, 6) is -1.87. The smallest absolute Gasteiger partial charge is 0.223 e. The van der Waals surface area contributed by atoms with Gasteiger partial charge in [0.2, 0.25) is 5.91 Å². The molecule has 1 amide bonds. The molecule has 0 unspecified atom stereocenters. The fourth-order valence-corrected chi connectivity index (χ4v) is 4.55. The summed E-state index contributed by atoms with van der Waals surface area (Å²) < 4.78 is 43.9. The number of benzene rings is 2. The van der Waals surface area contributed by atoms with E-state index in [4.69, 9.17) is 0 Å². The van der Waals surface area contributed by atoms with Gasteiger partial charge < -0.3 is 14.9 Å². The van der Waals surface area contributed by atoms with E-state index in [2.05, 4.69) is 10.3 Å². The Morgan fingerprint density at radius 1 is 1.03 bits per heavy atom. The van der Waals surface area contributed by atoms with Gasteiger partial charge in [-0.05, 0) is 72.4 Å². The first kappa shape index (κ1) is 20.4. The van der Waals surface area contributed by atoms with Gasteiger partial charge in [0.25, 0.3) is 0 Å². The zero-order valence-electron chi connectivity index (χ0n) is 17.2. The summed E-state index contributed by atoms with van der Waals surface area (Å²) in [6, 6.07) is 11.9. The number of hydrogen-bond acceptors (Lipinski definition) is 1. The summed E-state index contributed by atoms with van der Waals surface area (Å²) in [6.07, 6.45) is 5.07. The number of hydrogen-bond donors (Lipinski definition) is 2. The minimum Gasteiger partial charge on any atom is -0.354 e. The quantitative estimate of drug-likeness (QED) is 0.419. The fourth-order valence-electron chi connectivity index (χ4n) is 4.55. The Hall–Kier alpha value is -3.48. The summed E-state index contributed by atoms with van der Waals surface area (Å²) in [7, 11) is 0. The highest BCUT2D eigenvalue weighted by Gasteiger charge is 2.38. The Balaban J connectivity index is 1.37. The monoisotopic (exact) mass is 437 g/mol. The van der Waals surface area contributed by atoms with Crippen molar-refractivity contribution in [2.75, 3.05) is 6.54 Å². The Morgan fingerprint density at radius 2 is 1.75 bits per heavy atom. The number of fused-ring (bicyclic) bond motifs is 1. The number of carbonyl (C=O) groups excluding carboxylic acids is 1. The van der Waals surface area contributed by atoms with Crippen LogP contribution in [0, 0.1) is 23.4 Å². The van der Waals surface area contributed by atoms with Crippen molar-refractivity contribution in [2.24, 2.45) is 5.92 Å². The number of aromatic amines is 1. The number of nitrogens with zero attached hydrogens (tertiary/aromatic N) is 1. The third-order valence-electron chi connectivity index (χ3n) is 6.25. The van der Waals surface area contributed by atoms with E-state index in [0.29, 0.717) is 42.6 Å². The van der Waals surface area contributed by atoms with Crippen molar-refractivity contribution in [3.63, 3.8) is 0 Å². The van der Waals surface area contributed by atoms with Crippen LogP contribution < -0.4 is 5.32 Å². The van der Waals surface area contributed by atoms with Gasteiger partial charge in [-0.3, -0.25) is 4.79 Å². The number of amides is 1. The topological polar surface area (TPSA) is 49.8 Å². The van der Waals surface area contributed by atoms with Crippen molar-refractivity contribution >= 4 is 16.8 Å². The predicted molar refractivity (Wildman–Crippen MR) is 117 cm³/mol. The first-order chi connectivity index (χ1) is 15.5. The number of nitrogens with one attached hydrogen (secondary N) is 2. The fraction of sp³-hybridized carbons (Fsp3) is 0.240. The van der Waals surface area contributed by atoms with Gasteiger partial charge in [-0.25, -0.2) is 13.2 Å². The van der Waals surface area contributed by atoms with Crippen LogP contribution in [0.15, 0.2) is 60.9 Å². The molecular weight excluding hydrogens is 415 g/mol. The molecule has 1 fully saturated rings. The minimum atomic E-state index is -0.673. The lowest BCUT2D eigenvalue weighted by Crippen LogP contribution is -2.39. The van der Waals surface area contributed by atoms with Crippen molar-refractivity contribution in [3.05, 3.63) is 83.9 Å². The van der Waals surface area contributed by atoms with E-state index in [9.17, 15) is 18.0 Å². The van der Waals surface area contributed by atoms with Crippen LogP contribution in [0.2, 0.25) is 0 Å². The van der Waals surface area contributed by atoms with Crippen molar-refractivity contribution in [2.45, 2.75) is 25.3 Å². The van der Waals surface area contributed by atoms with E-state index in [1.165, 1.54) is 18.2 Å². The molecule has 0 atom stereocenters. The molecule has 1 saturated carbocycles. The molecule has 32 heavy (non-hydrogen) atoms. The van der Waals surface area contributed by atoms with E-state index in [1.807, 2.05) is 29.1 Å². The zero-order chi connectivity index (χ0) is 22.2. The SMILES string of the molecule is O=C(NCCn1cccc1)C1CC(c2c(-c3ccc(F)cc3)[nH]c3c(F)cc(F)cc23)C1. The highest BCUT2D eigenvalue weighted by molar-refractivity contribution is 5.92. The number of rotatable bonds is 6. The van der Waals surface area contributed by atoms with Crippen molar-refractivity contribution in [1.82, 2.24) is 14.9 Å². The summed E-state index contributed by atoms with van der Waals surface area (Å²) >= 11 is 0. The molecule has 2 aromatic carbocycles. The third-order valence-corrected chi connectivity index (χ3v) is 6.25. The molecule has 4 nitrogen and oxygen atoms in total. The lowest BCUT2D eigenvalue weighted by atomic mass is 9.70. The van der Waals surface area contributed by atoms with Crippen LogP contribution >= 0.6 is 0 Å². The van der Waals surface area contributed by atoms with Crippen LogP contribution in [0.4, 0.5) is 13.2 Å². The molecule has 7 heteroatoms. The van der Waals surface area contributed by atoms with Crippen molar-refractivity contribution < 1.29 is 18.0 Å². The molecule has 2 N–H and O–H groups in total. The third kappa shape index (κ3) is 3.79. The number of carbonyl (C=O) groups is 1. The van der Waals surface area contributed by atoms with Crippen LogP contribution in [0.1, 0.15) is 24.3 Å². The Morgan fingerprint density at radius 3 is 2.47 bits per heavy atom. The number of aromatic nitrogens is 2. The molecule has 0 bridgehead atoms. The molecule has 0 saturated heterocycles. The second-order valence-corrected chi connectivity index (χ2v) is 8.31. The van der Waals surface area contributed by atoms with E-state index < -0.39 is 11.6 Å². The molecule has 1 aliphatic rings. The van der Waals surface area contributed by atoms with Gasteiger partial charge in [0, 0.05) is 42.9 Å². The largest absolute Gasteiger partial charge is 0.354 e. The molecule has 0 aliphatic heterocycles. The van der Waals surface area contributed by atoms with Crippen LogP contribution in [0.3, 0.4) is 0 Å². The molecule has 164 valence electrons. The highest BCUT2D eigenvalue weighted by Crippen LogP contribution is 2.48. The Bertz CT molecular complexity index is 1260. The molecule has 5 rings (SSSR count). The highest BCUT2D eigenvalue weighted by atomic mass is 19.1. The van der Waals surface area contributed by atoms with Crippen molar-refractivity contribution in [1.29, 1.82) is 0 Å². The maximum Gasteiger partial charge on any atom is 0.223 e. The summed E-state index contributed by atoms with van der Waals surface area (Å²) in [5.41, 5.74) is 2.33. The van der Waals surface area contributed by atoms with Gasteiger partial charge in [0.15, 0.2) is 0 Å². The second kappa shape index (κ2) is 8.22. The van der Waals surface area contributed by atoms with E-state index in [0.717, 1.165) is 11.6 Å². The van der Waals surface area contributed by atoms with Gasteiger partial charge in [-0.1, -0.05) is 0 Å². The lowest BCUT2D eigenvalue weighted by molar-refractivity contribution is -0.127. The molecule has 2 aromatic heterocycles. The standard InChI is InChI=1S/C25H22F3N3O/c26-18-5-3-15(4-6-18)23-22(20-13-19(27)14-21(28)24(20)30-23)16-11-17(12-16)25(32)29-7-10-31-8-1-2-9-31/h1-6,8-9,13-14,16-17,30H,7,10-12H2,(H,29,32). The van der Waals surface area contributed by atoms with Crippen LogP contribution in [-0.4, -0.2) is 22.0 Å². The maximum absolute atomic E-state index is 14.5. The first-order valence-electron chi connectivity index (χ1n) is 10.6. The summed E-state index contributed by atoms with van der Waals surface area (Å²) in [4.78, 5) is 15.6. The second-order valence-electron chi connectivity index (χ2n) is 8.31. The molecule has 2 heterocycles. The van der Waals surface area contributed by atoms with Gasteiger partial charge in [-0.15, -0.1) is 0 Å². The summed E-state index contributed by atoms with van der Waals surface area (Å²) in [6.45, 7) is 1.24. The normalized spacial score (nSPS) is 18.0. The Kier molecular flexibility index (Phi) is 5.25. The minimum absolute atomic E-state index is 0.00561. The van der Waals surface area contributed by atoms with E-state index >= 15 is 0 Å². The van der Waals surface area contributed by atoms with Crippen LogP contribution in [-0.2, 0) is 11.3 Å². The Labute approximate surface area is 183 Å².